The number of aromatic nitrogens is 4. The highest BCUT2D eigenvalue weighted by molar-refractivity contribution is 7.92. The number of alkyl halides is 3. The average molecular weight is 547 g/mol. The maximum absolute atomic E-state index is 13.6. The molecule has 3 N–H and O–H groups in total. The van der Waals surface area contributed by atoms with Crippen molar-refractivity contribution >= 4 is 51.6 Å². The Labute approximate surface area is 211 Å². The molecule has 3 aromatic rings. The number of rotatable bonds is 8. The molecule has 0 aliphatic rings. The van der Waals surface area contributed by atoms with Crippen molar-refractivity contribution in [3.63, 3.8) is 0 Å². The van der Waals surface area contributed by atoms with Crippen molar-refractivity contribution in [2.45, 2.75) is 12.7 Å². The molecule has 2 aromatic heterocycles. The molecule has 0 fully saturated rings. The van der Waals surface area contributed by atoms with Crippen molar-refractivity contribution in [2.24, 2.45) is 0 Å². The minimum Gasteiger partial charge on any atom is -0.364 e. The van der Waals surface area contributed by atoms with Gasteiger partial charge in [0.1, 0.15) is 17.1 Å². The summed E-state index contributed by atoms with van der Waals surface area (Å²) in [5.74, 6) is -1.02. The van der Waals surface area contributed by atoms with E-state index in [1.54, 1.807) is 12.1 Å². The summed E-state index contributed by atoms with van der Waals surface area (Å²) in [6.07, 6.45) is -0.619. The highest BCUT2D eigenvalue weighted by Crippen LogP contribution is 2.34. The van der Waals surface area contributed by atoms with Crippen molar-refractivity contribution in [1.29, 1.82) is 0 Å². The van der Waals surface area contributed by atoms with E-state index in [0.717, 1.165) is 10.6 Å². The van der Waals surface area contributed by atoms with Gasteiger partial charge in [-0.25, -0.2) is 18.4 Å². The molecular weight excluding hydrogens is 525 g/mol. The van der Waals surface area contributed by atoms with Crippen molar-refractivity contribution in [2.75, 3.05) is 35.3 Å². The highest BCUT2D eigenvalue weighted by atomic mass is 35.5. The molecule has 11 nitrogen and oxygen atoms in total. The van der Waals surface area contributed by atoms with Crippen LogP contribution in [0, 0.1) is 0 Å². The van der Waals surface area contributed by atoms with Gasteiger partial charge in [0.2, 0.25) is 16.0 Å². The summed E-state index contributed by atoms with van der Waals surface area (Å²) in [5, 5.41) is 7.81. The topological polar surface area (TPSA) is 142 Å². The van der Waals surface area contributed by atoms with Crippen LogP contribution in [0.2, 0.25) is 0 Å². The lowest BCUT2D eigenvalue weighted by molar-refractivity contribution is -0.137. The Morgan fingerprint density at radius 1 is 1.08 bits per heavy atom. The van der Waals surface area contributed by atoms with Crippen LogP contribution in [-0.2, 0) is 22.7 Å². The van der Waals surface area contributed by atoms with Gasteiger partial charge in [-0.1, -0.05) is 0 Å². The fourth-order valence-electron chi connectivity index (χ4n) is 2.83. The maximum atomic E-state index is 13.6. The highest BCUT2D eigenvalue weighted by Gasteiger charge is 2.35. The number of sulfonamides is 1. The van der Waals surface area contributed by atoms with Crippen molar-refractivity contribution < 1.29 is 26.4 Å². The summed E-state index contributed by atoms with van der Waals surface area (Å²) in [6, 6.07) is 6.15. The third-order valence-electron chi connectivity index (χ3n) is 4.70. The minimum absolute atomic E-state index is 0. The Morgan fingerprint density at radius 2 is 1.72 bits per heavy atom. The van der Waals surface area contributed by atoms with Gasteiger partial charge in [0, 0.05) is 43.9 Å². The molecule has 0 atom stereocenters. The van der Waals surface area contributed by atoms with Gasteiger partial charge in [-0.05, 0) is 24.3 Å². The predicted molar refractivity (Wildman–Crippen MR) is 130 cm³/mol. The summed E-state index contributed by atoms with van der Waals surface area (Å²) in [6.45, 7) is -0.302. The van der Waals surface area contributed by atoms with Crippen LogP contribution < -0.4 is 20.3 Å². The number of nitrogens with one attached hydrogen (secondary N) is 3. The molecule has 1 amide bonds. The zero-order valence-electron chi connectivity index (χ0n) is 19.2. The standard InChI is InChI=1S/C20H21F3N8O3S.ClH/c1-24-18(32)12-4-6-13(7-5-12)29-19-28-10-14(20(21,22)23)16(30-19)27-11-15-17(26-9-8-25-15)31(2)35(3,33)34;/h4-10H,11H2,1-3H3,(H,24,32)(H2,27,28,29,30);1H. The number of hydrogen-bond donors (Lipinski definition) is 3. The lowest BCUT2D eigenvalue weighted by Crippen LogP contribution is -2.27. The minimum atomic E-state index is -4.76. The Balaban J connectivity index is 0.00000456. The number of carbonyl (C=O) groups is 1. The van der Waals surface area contributed by atoms with E-state index in [1.165, 1.54) is 38.6 Å². The Hall–Kier alpha value is -3.72. The molecular formula is C20H22ClF3N8O3S. The largest absolute Gasteiger partial charge is 0.421 e. The summed E-state index contributed by atoms with van der Waals surface area (Å²) in [5.41, 5.74) is -0.201. The summed E-state index contributed by atoms with van der Waals surface area (Å²) in [7, 11) is -0.938. The van der Waals surface area contributed by atoms with Gasteiger partial charge >= 0.3 is 6.18 Å². The first kappa shape index (κ1) is 28.5. The first-order valence-electron chi connectivity index (χ1n) is 9.91. The molecule has 0 spiro atoms. The summed E-state index contributed by atoms with van der Waals surface area (Å²) in [4.78, 5) is 27.3. The number of amides is 1. The molecule has 2 heterocycles. The van der Waals surface area contributed by atoms with Gasteiger partial charge in [-0.15, -0.1) is 12.4 Å². The van der Waals surface area contributed by atoms with Gasteiger partial charge in [0.15, 0.2) is 5.82 Å². The zero-order chi connectivity index (χ0) is 25.8. The average Bonchev–Trinajstić information content (AvgIpc) is 2.81. The molecule has 0 saturated heterocycles. The van der Waals surface area contributed by atoms with E-state index in [1.807, 2.05) is 0 Å². The number of halogens is 4. The molecule has 0 aliphatic heterocycles. The van der Waals surface area contributed by atoms with Gasteiger partial charge < -0.3 is 16.0 Å². The molecule has 1 aromatic carbocycles. The van der Waals surface area contributed by atoms with Gasteiger partial charge in [0.05, 0.1) is 12.8 Å². The summed E-state index contributed by atoms with van der Waals surface area (Å²) < 4.78 is 65.3. The normalized spacial score (nSPS) is 11.3. The first-order valence-corrected chi connectivity index (χ1v) is 11.8. The van der Waals surface area contributed by atoms with Crippen LogP contribution in [0.15, 0.2) is 42.9 Å². The lowest BCUT2D eigenvalue weighted by Gasteiger charge is -2.19. The van der Waals surface area contributed by atoms with E-state index in [4.69, 9.17) is 0 Å². The van der Waals surface area contributed by atoms with Crippen LogP contribution in [0.3, 0.4) is 0 Å². The second kappa shape index (κ2) is 11.3. The van der Waals surface area contributed by atoms with Gasteiger partial charge in [0.25, 0.3) is 5.91 Å². The fraction of sp³-hybridized carbons (Fsp3) is 0.250. The second-order valence-electron chi connectivity index (χ2n) is 7.15. The molecule has 16 heteroatoms. The SMILES string of the molecule is CNC(=O)c1ccc(Nc2ncc(C(F)(F)F)c(NCc3nccnc3N(C)S(C)(=O)=O)n2)cc1.Cl. The molecule has 3 rings (SSSR count). The van der Waals surface area contributed by atoms with Crippen LogP contribution in [0.5, 0.6) is 0 Å². The van der Waals surface area contributed by atoms with Crippen molar-refractivity contribution in [3.05, 3.63) is 59.7 Å². The number of hydrogen-bond acceptors (Lipinski definition) is 9. The van der Waals surface area contributed by atoms with E-state index >= 15 is 0 Å². The monoisotopic (exact) mass is 546 g/mol. The molecule has 0 unspecified atom stereocenters. The van der Waals surface area contributed by atoms with Gasteiger partial charge in [-0.3, -0.25) is 14.1 Å². The molecule has 0 radical (unpaired) electrons. The third-order valence-corrected chi connectivity index (χ3v) is 5.86. The number of nitrogens with zero attached hydrogens (tertiary/aromatic N) is 5. The molecule has 36 heavy (non-hydrogen) atoms. The zero-order valence-corrected chi connectivity index (χ0v) is 20.8. The second-order valence-corrected chi connectivity index (χ2v) is 9.16. The van der Waals surface area contributed by atoms with E-state index in [-0.39, 0.29) is 42.3 Å². The fourth-order valence-corrected chi connectivity index (χ4v) is 3.30. The molecule has 0 saturated carbocycles. The van der Waals surface area contributed by atoms with Crippen LogP contribution in [0.25, 0.3) is 0 Å². The Morgan fingerprint density at radius 3 is 2.31 bits per heavy atom. The van der Waals surface area contributed by atoms with Crippen LogP contribution in [0.4, 0.5) is 36.4 Å². The van der Waals surface area contributed by atoms with Crippen molar-refractivity contribution in [1.82, 2.24) is 25.3 Å². The quantitative estimate of drug-likeness (QED) is 0.388. The lowest BCUT2D eigenvalue weighted by atomic mass is 10.2. The molecule has 0 aliphatic carbocycles. The van der Waals surface area contributed by atoms with Gasteiger partial charge in [-0.2, -0.15) is 18.2 Å². The Kier molecular flexibility index (Phi) is 8.99. The maximum Gasteiger partial charge on any atom is 0.421 e. The van der Waals surface area contributed by atoms with E-state index in [9.17, 15) is 26.4 Å². The van der Waals surface area contributed by atoms with Crippen LogP contribution in [-0.4, -0.2) is 54.6 Å². The van der Waals surface area contributed by atoms with E-state index in [2.05, 4.69) is 35.9 Å². The van der Waals surface area contributed by atoms with E-state index in [0.29, 0.717) is 17.4 Å². The third kappa shape index (κ3) is 6.91. The summed E-state index contributed by atoms with van der Waals surface area (Å²) >= 11 is 0. The van der Waals surface area contributed by atoms with Crippen LogP contribution in [0.1, 0.15) is 21.6 Å². The molecule has 0 bridgehead atoms. The number of benzene rings is 1. The first-order chi connectivity index (χ1) is 16.4. The number of carbonyl (C=O) groups excluding carboxylic acids is 1. The molecule has 194 valence electrons. The van der Waals surface area contributed by atoms with E-state index < -0.39 is 27.6 Å². The Bertz CT molecular complexity index is 1320. The smallest absolute Gasteiger partial charge is 0.364 e. The number of anilines is 4. The predicted octanol–water partition coefficient (Wildman–Crippen LogP) is 2.82. The van der Waals surface area contributed by atoms with Crippen molar-refractivity contribution in [3.8, 4) is 0 Å². The van der Waals surface area contributed by atoms with Crippen LogP contribution >= 0.6 is 12.4 Å².